The van der Waals surface area contributed by atoms with Gasteiger partial charge in [-0.3, -0.25) is 13.8 Å². The standard InChI is InChI=1S/C26H14ClFN4O/c27-15-7-10-21-19(11-15)24-23-18(17-3-1-2-4-20(17)29-23)12-22-25(33)31(26(30-21)32(22)24)13-14-5-8-16(28)9-6-14/h1-12H,13H2. The summed E-state index contributed by atoms with van der Waals surface area (Å²) in [6.07, 6.45) is 0. The smallest absolute Gasteiger partial charge is 0.272 e. The maximum Gasteiger partial charge on any atom is 0.278 e. The van der Waals surface area contributed by atoms with Gasteiger partial charge in [0, 0.05) is 21.2 Å². The Morgan fingerprint density at radius 2 is 1.64 bits per heavy atom. The van der Waals surface area contributed by atoms with Gasteiger partial charge in [-0.05, 0) is 48.0 Å². The zero-order valence-electron chi connectivity index (χ0n) is 17.1. The number of hydrogen-bond acceptors (Lipinski definition) is 3. The van der Waals surface area contributed by atoms with Crippen LogP contribution in [0.15, 0.2) is 77.6 Å². The summed E-state index contributed by atoms with van der Waals surface area (Å²) in [4.78, 5) is 23.4. The normalized spacial score (nSPS) is 12.2. The predicted octanol–water partition coefficient (Wildman–Crippen LogP) is 5.78. The Balaban J connectivity index is 1.69. The van der Waals surface area contributed by atoms with Crippen molar-refractivity contribution in [1.82, 2.24) is 18.9 Å². The van der Waals surface area contributed by atoms with Crippen LogP contribution in [0.4, 0.5) is 4.39 Å². The molecule has 0 N–H and O–H groups in total. The van der Waals surface area contributed by atoms with Gasteiger partial charge in [0.1, 0.15) is 11.3 Å². The van der Waals surface area contributed by atoms with Gasteiger partial charge in [0.15, 0.2) is 0 Å². The molecule has 0 spiro atoms. The molecule has 0 saturated heterocycles. The number of halogens is 2. The molecule has 4 aromatic heterocycles. The van der Waals surface area contributed by atoms with Gasteiger partial charge in [0.05, 0.1) is 28.6 Å². The highest BCUT2D eigenvalue weighted by Crippen LogP contribution is 2.35. The lowest BCUT2D eigenvalue weighted by Crippen LogP contribution is -2.16. The topological polar surface area (TPSA) is 52.2 Å². The van der Waals surface area contributed by atoms with Crippen molar-refractivity contribution in [1.29, 1.82) is 0 Å². The van der Waals surface area contributed by atoms with Crippen LogP contribution in [-0.2, 0) is 6.54 Å². The van der Waals surface area contributed by atoms with Gasteiger partial charge >= 0.3 is 0 Å². The Bertz CT molecular complexity index is 1940. The van der Waals surface area contributed by atoms with Crippen molar-refractivity contribution in [2.75, 3.05) is 0 Å². The Morgan fingerprint density at radius 1 is 0.848 bits per heavy atom. The molecule has 0 atom stereocenters. The first-order valence-electron chi connectivity index (χ1n) is 10.5. The zero-order valence-corrected chi connectivity index (χ0v) is 17.8. The van der Waals surface area contributed by atoms with E-state index in [1.807, 2.05) is 46.9 Å². The van der Waals surface area contributed by atoms with Crippen LogP contribution in [0, 0.1) is 5.82 Å². The van der Waals surface area contributed by atoms with Crippen molar-refractivity contribution in [2.45, 2.75) is 6.54 Å². The molecule has 5 nitrogen and oxygen atoms in total. The molecule has 0 aliphatic heterocycles. The van der Waals surface area contributed by atoms with E-state index in [9.17, 15) is 9.18 Å². The summed E-state index contributed by atoms with van der Waals surface area (Å²) >= 11 is 6.36. The summed E-state index contributed by atoms with van der Waals surface area (Å²) < 4.78 is 16.9. The van der Waals surface area contributed by atoms with E-state index >= 15 is 0 Å². The van der Waals surface area contributed by atoms with Gasteiger partial charge in [-0.2, -0.15) is 0 Å². The highest BCUT2D eigenvalue weighted by Gasteiger charge is 2.22. The Hall–Kier alpha value is -4.03. The van der Waals surface area contributed by atoms with Crippen LogP contribution in [0.3, 0.4) is 0 Å². The monoisotopic (exact) mass is 452 g/mol. The van der Waals surface area contributed by atoms with Gasteiger partial charge in [-0.15, -0.1) is 0 Å². The zero-order chi connectivity index (χ0) is 22.3. The van der Waals surface area contributed by atoms with E-state index in [2.05, 4.69) is 0 Å². The largest absolute Gasteiger partial charge is 0.278 e. The third kappa shape index (κ3) is 2.55. The van der Waals surface area contributed by atoms with Crippen LogP contribution < -0.4 is 5.56 Å². The number of hydrogen-bond donors (Lipinski definition) is 0. The van der Waals surface area contributed by atoms with Crippen LogP contribution in [0.1, 0.15) is 5.56 Å². The van der Waals surface area contributed by atoms with Crippen LogP contribution in [-0.4, -0.2) is 18.9 Å². The summed E-state index contributed by atoms with van der Waals surface area (Å²) in [5.74, 6) is 0.196. The number of pyridine rings is 1. The third-order valence-corrected chi connectivity index (χ3v) is 6.48. The Kier molecular flexibility index (Phi) is 3.65. The van der Waals surface area contributed by atoms with E-state index in [0.29, 0.717) is 16.3 Å². The molecule has 7 heteroatoms. The molecule has 0 fully saturated rings. The summed E-state index contributed by atoms with van der Waals surface area (Å²) in [6, 6.07) is 21.5. The van der Waals surface area contributed by atoms with Crippen molar-refractivity contribution < 1.29 is 4.39 Å². The molecule has 3 aromatic carbocycles. The van der Waals surface area contributed by atoms with Crippen molar-refractivity contribution in [2.24, 2.45) is 0 Å². The highest BCUT2D eigenvalue weighted by atomic mass is 35.5. The van der Waals surface area contributed by atoms with E-state index in [1.54, 1.807) is 22.8 Å². The van der Waals surface area contributed by atoms with Gasteiger partial charge in [-0.25, -0.2) is 14.4 Å². The lowest BCUT2D eigenvalue weighted by Gasteiger charge is -2.09. The second-order valence-electron chi connectivity index (χ2n) is 8.20. The molecule has 33 heavy (non-hydrogen) atoms. The van der Waals surface area contributed by atoms with Crippen LogP contribution in [0.5, 0.6) is 0 Å². The number of aromatic nitrogens is 4. The molecule has 0 aliphatic rings. The number of nitrogens with zero attached hydrogens (tertiary/aromatic N) is 4. The number of imidazole rings is 1. The van der Waals surface area contributed by atoms with E-state index in [4.69, 9.17) is 21.6 Å². The molecule has 0 saturated carbocycles. The molecular formula is C26H14ClFN4O. The Morgan fingerprint density at radius 3 is 2.48 bits per heavy atom. The first-order valence-corrected chi connectivity index (χ1v) is 10.9. The van der Waals surface area contributed by atoms with E-state index < -0.39 is 0 Å². The summed E-state index contributed by atoms with van der Waals surface area (Å²) in [5.41, 5.74) is 4.36. The summed E-state index contributed by atoms with van der Waals surface area (Å²) in [5, 5.41) is 3.32. The first-order chi connectivity index (χ1) is 16.1. The van der Waals surface area contributed by atoms with Crippen molar-refractivity contribution >= 4 is 61.1 Å². The summed E-state index contributed by atoms with van der Waals surface area (Å²) in [7, 11) is 0. The van der Waals surface area contributed by atoms with Gasteiger partial charge in [0.25, 0.3) is 5.56 Å². The number of fused-ring (bicyclic) bond motifs is 6. The lowest BCUT2D eigenvalue weighted by molar-refractivity contribution is 0.626. The van der Waals surface area contributed by atoms with E-state index in [-0.39, 0.29) is 17.9 Å². The van der Waals surface area contributed by atoms with Crippen molar-refractivity contribution in [3.8, 4) is 0 Å². The minimum Gasteiger partial charge on any atom is -0.272 e. The van der Waals surface area contributed by atoms with Crippen LogP contribution in [0.25, 0.3) is 49.5 Å². The van der Waals surface area contributed by atoms with E-state index in [1.165, 1.54) is 12.1 Å². The van der Waals surface area contributed by atoms with Crippen LogP contribution in [0.2, 0.25) is 5.02 Å². The molecule has 158 valence electrons. The maximum atomic E-state index is 13.6. The quantitative estimate of drug-likeness (QED) is 0.312. The molecular weight excluding hydrogens is 439 g/mol. The minimum atomic E-state index is -0.316. The molecule has 0 bridgehead atoms. The molecule has 0 unspecified atom stereocenters. The average molecular weight is 453 g/mol. The molecule has 0 amide bonds. The maximum absolute atomic E-state index is 13.6. The van der Waals surface area contributed by atoms with Crippen molar-refractivity contribution in [3.05, 3.63) is 99.6 Å². The average Bonchev–Trinajstić information content (AvgIpc) is 3.32. The molecule has 7 aromatic rings. The van der Waals surface area contributed by atoms with Gasteiger partial charge in [-0.1, -0.05) is 41.9 Å². The highest BCUT2D eigenvalue weighted by molar-refractivity contribution is 6.32. The second-order valence-corrected chi connectivity index (χ2v) is 8.63. The third-order valence-electron chi connectivity index (χ3n) is 6.25. The SMILES string of the molecule is O=c1c2cc3c4ccccc4nc3c3c4cc(Cl)ccc4nc(n1Cc1ccc(F)cc1)n23. The van der Waals surface area contributed by atoms with E-state index in [0.717, 1.165) is 43.8 Å². The van der Waals surface area contributed by atoms with Gasteiger partial charge < -0.3 is 0 Å². The predicted molar refractivity (Wildman–Crippen MR) is 129 cm³/mol. The molecule has 4 heterocycles. The summed E-state index contributed by atoms with van der Waals surface area (Å²) in [6.45, 7) is 0.278. The van der Waals surface area contributed by atoms with Crippen molar-refractivity contribution in [3.63, 3.8) is 0 Å². The molecule has 7 rings (SSSR count). The molecule has 0 radical (unpaired) electrons. The fraction of sp³-hybridized carbons (Fsp3) is 0.0385. The second kappa shape index (κ2) is 6.49. The minimum absolute atomic E-state index is 0.162. The fourth-order valence-corrected chi connectivity index (χ4v) is 4.92. The van der Waals surface area contributed by atoms with Crippen LogP contribution >= 0.6 is 11.6 Å². The van der Waals surface area contributed by atoms with Gasteiger partial charge in [0.2, 0.25) is 5.78 Å². The number of benzene rings is 3. The lowest BCUT2D eigenvalue weighted by atomic mass is 10.1. The fourth-order valence-electron chi connectivity index (χ4n) is 4.75. The first kappa shape index (κ1) is 18.5. The Labute approximate surface area is 190 Å². The molecule has 0 aliphatic carbocycles. The number of para-hydroxylation sites is 1. The number of rotatable bonds is 2.